The molecule has 0 spiro atoms. The number of ether oxygens (including phenoxy) is 1. The summed E-state index contributed by atoms with van der Waals surface area (Å²) in [5.74, 6) is 0.442. The van der Waals surface area contributed by atoms with Crippen molar-refractivity contribution in [3.8, 4) is 22.5 Å². The highest BCUT2D eigenvalue weighted by molar-refractivity contribution is 5.75. The summed E-state index contributed by atoms with van der Waals surface area (Å²) in [6.07, 6.45) is 1.09. The van der Waals surface area contributed by atoms with Crippen LogP contribution in [0.5, 0.6) is 0 Å². The number of benzene rings is 2. The van der Waals surface area contributed by atoms with E-state index in [1.165, 1.54) is 0 Å². The first-order chi connectivity index (χ1) is 12.6. The Morgan fingerprint density at radius 3 is 2.15 bits per heavy atom. The van der Waals surface area contributed by atoms with E-state index in [1.807, 2.05) is 50.2 Å². The lowest BCUT2D eigenvalue weighted by Gasteiger charge is -2.06. The van der Waals surface area contributed by atoms with Crippen LogP contribution >= 0.6 is 0 Å². The van der Waals surface area contributed by atoms with Crippen LogP contribution in [0.25, 0.3) is 22.5 Å². The van der Waals surface area contributed by atoms with Gasteiger partial charge in [-0.2, -0.15) is 0 Å². The Kier molecular flexibility index (Phi) is 5.37. The second kappa shape index (κ2) is 7.87. The zero-order valence-electron chi connectivity index (χ0n) is 15.0. The third kappa shape index (κ3) is 3.94. The number of aromatic nitrogens is 1. The molecule has 0 atom stereocenters. The van der Waals surface area contributed by atoms with Crippen LogP contribution in [0.2, 0.25) is 0 Å². The lowest BCUT2D eigenvalue weighted by atomic mass is 10.0. The zero-order chi connectivity index (χ0) is 18.5. The van der Waals surface area contributed by atoms with Gasteiger partial charge >= 0.3 is 5.97 Å². The monoisotopic (exact) mass is 350 g/mol. The van der Waals surface area contributed by atoms with Gasteiger partial charge in [0.2, 0.25) is 0 Å². The maximum atomic E-state index is 11.4. The van der Waals surface area contributed by atoms with Gasteiger partial charge in [-0.1, -0.05) is 53.7 Å². The molecule has 3 aromatic rings. The van der Waals surface area contributed by atoms with E-state index in [2.05, 4.69) is 17.3 Å². The van der Waals surface area contributed by atoms with E-state index in [9.17, 15) is 4.79 Å². The quantitative estimate of drug-likeness (QED) is 0.667. The SMILES string of the molecule is CCOC(=O)CCc1ccc(-c2ccc(-c3onc(C)c3N)cc2)cc1. The Labute approximate surface area is 152 Å². The minimum absolute atomic E-state index is 0.158. The summed E-state index contributed by atoms with van der Waals surface area (Å²) in [4.78, 5) is 11.4. The van der Waals surface area contributed by atoms with Gasteiger partial charge in [-0.15, -0.1) is 0 Å². The topological polar surface area (TPSA) is 78.3 Å². The number of nitrogen functional groups attached to an aromatic ring is 1. The van der Waals surface area contributed by atoms with Crippen molar-refractivity contribution in [3.63, 3.8) is 0 Å². The van der Waals surface area contributed by atoms with Gasteiger partial charge in [-0.25, -0.2) is 0 Å². The van der Waals surface area contributed by atoms with Crippen LogP contribution in [0.1, 0.15) is 24.6 Å². The number of nitrogens with two attached hydrogens (primary N) is 1. The van der Waals surface area contributed by atoms with E-state index in [4.69, 9.17) is 15.0 Å². The van der Waals surface area contributed by atoms with E-state index in [0.717, 1.165) is 22.3 Å². The molecule has 3 rings (SSSR count). The Morgan fingerprint density at radius 2 is 1.62 bits per heavy atom. The fraction of sp³-hybridized carbons (Fsp3) is 0.238. The fourth-order valence-electron chi connectivity index (χ4n) is 2.74. The molecule has 5 nitrogen and oxygen atoms in total. The number of hydrogen-bond donors (Lipinski definition) is 1. The highest BCUT2D eigenvalue weighted by atomic mass is 16.5. The van der Waals surface area contributed by atoms with Gasteiger partial charge in [0.15, 0.2) is 5.76 Å². The normalized spacial score (nSPS) is 10.7. The molecule has 0 fully saturated rings. The Hall–Kier alpha value is -3.08. The van der Waals surface area contributed by atoms with Crippen molar-refractivity contribution in [2.75, 3.05) is 12.3 Å². The number of carbonyl (C=O) groups is 1. The molecule has 0 saturated heterocycles. The molecule has 2 aromatic carbocycles. The Morgan fingerprint density at radius 1 is 1.04 bits per heavy atom. The molecule has 2 N–H and O–H groups in total. The molecule has 1 heterocycles. The summed E-state index contributed by atoms with van der Waals surface area (Å²) in [5, 5.41) is 3.89. The van der Waals surface area contributed by atoms with Gasteiger partial charge in [0.1, 0.15) is 11.4 Å². The number of rotatable bonds is 6. The molecule has 0 saturated carbocycles. The van der Waals surface area contributed by atoms with E-state index in [0.29, 0.717) is 36.6 Å². The summed E-state index contributed by atoms with van der Waals surface area (Å²) < 4.78 is 10.2. The number of anilines is 1. The maximum absolute atomic E-state index is 11.4. The smallest absolute Gasteiger partial charge is 0.306 e. The van der Waals surface area contributed by atoms with E-state index < -0.39 is 0 Å². The minimum Gasteiger partial charge on any atom is -0.466 e. The molecule has 0 aliphatic carbocycles. The van der Waals surface area contributed by atoms with Crippen molar-refractivity contribution in [1.29, 1.82) is 0 Å². The van der Waals surface area contributed by atoms with Crippen LogP contribution in [0, 0.1) is 6.92 Å². The molecule has 0 unspecified atom stereocenters. The maximum Gasteiger partial charge on any atom is 0.306 e. The van der Waals surface area contributed by atoms with Gasteiger partial charge in [-0.3, -0.25) is 4.79 Å². The number of nitrogens with zero attached hydrogens (tertiary/aromatic N) is 1. The molecule has 0 radical (unpaired) electrons. The van der Waals surface area contributed by atoms with Crippen molar-refractivity contribution in [2.24, 2.45) is 0 Å². The number of esters is 1. The first kappa shape index (κ1) is 17.7. The third-order valence-electron chi connectivity index (χ3n) is 4.27. The average Bonchev–Trinajstić information content (AvgIpc) is 3.00. The molecule has 0 aliphatic rings. The number of hydrogen-bond acceptors (Lipinski definition) is 5. The van der Waals surface area contributed by atoms with E-state index >= 15 is 0 Å². The second-order valence-corrected chi connectivity index (χ2v) is 6.09. The predicted molar refractivity (Wildman–Crippen MR) is 101 cm³/mol. The third-order valence-corrected chi connectivity index (χ3v) is 4.27. The highest BCUT2D eigenvalue weighted by Gasteiger charge is 2.11. The lowest BCUT2D eigenvalue weighted by molar-refractivity contribution is -0.143. The molecule has 1 aromatic heterocycles. The zero-order valence-corrected chi connectivity index (χ0v) is 15.0. The van der Waals surface area contributed by atoms with Crippen LogP contribution in [-0.4, -0.2) is 17.7 Å². The summed E-state index contributed by atoms with van der Waals surface area (Å²) in [6, 6.07) is 16.2. The molecular formula is C21H22N2O3. The largest absolute Gasteiger partial charge is 0.466 e. The van der Waals surface area contributed by atoms with Crippen molar-refractivity contribution in [2.45, 2.75) is 26.7 Å². The molecule has 26 heavy (non-hydrogen) atoms. The molecule has 0 bridgehead atoms. The van der Waals surface area contributed by atoms with Gasteiger partial charge in [0.05, 0.1) is 6.61 Å². The molecule has 5 heteroatoms. The highest BCUT2D eigenvalue weighted by Crippen LogP contribution is 2.30. The Bertz CT molecular complexity index is 881. The fourth-order valence-corrected chi connectivity index (χ4v) is 2.74. The average molecular weight is 350 g/mol. The van der Waals surface area contributed by atoms with Crippen molar-refractivity contribution in [3.05, 3.63) is 59.8 Å². The van der Waals surface area contributed by atoms with Gasteiger partial charge in [0, 0.05) is 12.0 Å². The lowest BCUT2D eigenvalue weighted by Crippen LogP contribution is -2.05. The van der Waals surface area contributed by atoms with Crippen LogP contribution in [0.3, 0.4) is 0 Å². The number of carbonyl (C=O) groups excluding carboxylic acids is 1. The molecule has 0 amide bonds. The molecule has 0 aliphatic heterocycles. The van der Waals surface area contributed by atoms with E-state index in [1.54, 1.807) is 0 Å². The predicted octanol–water partition coefficient (Wildman–Crippen LogP) is 4.39. The summed E-state index contributed by atoms with van der Waals surface area (Å²) in [5.41, 5.74) is 11.5. The van der Waals surface area contributed by atoms with Crippen LogP contribution in [0.4, 0.5) is 5.69 Å². The van der Waals surface area contributed by atoms with Gasteiger partial charge < -0.3 is 15.0 Å². The summed E-state index contributed by atoms with van der Waals surface area (Å²) >= 11 is 0. The van der Waals surface area contributed by atoms with Crippen LogP contribution in [-0.2, 0) is 16.0 Å². The summed E-state index contributed by atoms with van der Waals surface area (Å²) in [7, 11) is 0. The molecular weight excluding hydrogens is 328 g/mol. The standard InChI is InChI=1S/C21H22N2O3/c1-3-25-19(24)13-6-15-4-7-16(8-5-15)17-9-11-18(12-10-17)21-20(22)14(2)23-26-21/h4-5,7-12H,3,6,13,22H2,1-2H3. The minimum atomic E-state index is -0.158. The van der Waals surface area contributed by atoms with Crippen molar-refractivity contribution in [1.82, 2.24) is 5.16 Å². The first-order valence-electron chi connectivity index (χ1n) is 8.65. The second-order valence-electron chi connectivity index (χ2n) is 6.09. The van der Waals surface area contributed by atoms with Crippen LogP contribution in [0.15, 0.2) is 53.1 Å². The van der Waals surface area contributed by atoms with Crippen molar-refractivity contribution < 1.29 is 14.1 Å². The molecule has 134 valence electrons. The van der Waals surface area contributed by atoms with Gasteiger partial charge in [-0.05, 0) is 37.0 Å². The van der Waals surface area contributed by atoms with E-state index in [-0.39, 0.29) is 5.97 Å². The van der Waals surface area contributed by atoms with Crippen molar-refractivity contribution >= 4 is 11.7 Å². The van der Waals surface area contributed by atoms with Crippen LogP contribution < -0.4 is 5.73 Å². The first-order valence-corrected chi connectivity index (χ1v) is 8.65. The number of aryl methyl sites for hydroxylation is 2. The van der Waals surface area contributed by atoms with Gasteiger partial charge in [0.25, 0.3) is 0 Å². The summed E-state index contributed by atoms with van der Waals surface area (Å²) in [6.45, 7) is 4.06. The Balaban J connectivity index is 1.69.